The molecule has 2 N–H and O–H groups in total. The predicted octanol–water partition coefficient (Wildman–Crippen LogP) is 2.01. The molecular weight excluding hydrogens is 400 g/mol. The van der Waals surface area contributed by atoms with Gasteiger partial charge in [0.2, 0.25) is 10.0 Å². The van der Waals surface area contributed by atoms with Crippen molar-refractivity contribution in [3.8, 4) is 0 Å². The predicted molar refractivity (Wildman–Crippen MR) is 121 cm³/mol. The molecule has 0 amide bonds. The van der Waals surface area contributed by atoms with Gasteiger partial charge in [0.05, 0.1) is 18.4 Å². The fourth-order valence-electron chi connectivity index (χ4n) is 4.10. The maximum atomic E-state index is 12.3. The molecule has 0 radical (unpaired) electrons. The lowest BCUT2D eigenvalue weighted by Crippen LogP contribution is -2.41. The van der Waals surface area contributed by atoms with Crippen LogP contribution in [0.5, 0.6) is 0 Å². The zero-order valence-corrected chi connectivity index (χ0v) is 18.9. The SMILES string of the molecule is CCNC(=NCCS(=O)(=O)NCC1CCCCO1)N1CCC(Cc2ccccc2)C1. The number of ether oxygens (including phenoxy) is 1. The van der Waals surface area contributed by atoms with Crippen LogP contribution in [0.3, 0.4) is 0 Å². The fourth-order valence-corrected chi connectivity index (χ4v) is 5.01. The molecule has 2 fully saturated rings. The number of nitrogens with zero attached hydrogens (tertiary/aromatic N) is 2. The van der Waals surface area contributed by atoms with Crippen LogP contribution in [0.4, 0.5) is 0 Å². The zero-order valence-electron chi connectivity index (χ0n) is 18.1. The summed E-state index contributed by atoms with van der Waals surface area (Å²) >= 11 is 0. The van der Waals surface area contributed by atoms with Crippen molar-refractivity contribution in [3.63, 3.8) is 0 Å². The van der Waals surface area contributed by atoms with Crippen molar-refractivity contribution in [1.82, 2.24) is 14.9 Å². The molecule has 2 atom stereocenters. The van der Waals surface area contributed by atoms with Gasteiger partial charge in [-0.25, -0.2) is 13.1 Å². The van der Waals surface area contributed by atoms with Crippen LogP contribution in [-0.2, 0) is 21.2 Å². The van der Waals surface area contributed by atoms with Crippen molar-refractivity contribution in [2.75, 3.05) is 45.1 Å². The van der Waals surface area contributed by atoms with E-state index in [9.17, 15) is 8.42 Å². The van der Waals surface area contributed by atoms with Gasteiger partial charge in [-0.05, 0) is 50.5 Å². The van der Waals surface area contributed by atoms with E-state index in [0.29, 0.717) is 12.5 Å². The Morgan fingerprint density at radius 3 is 2.80 bits per heavy atom. The average molecular weight is 437 g/mol. The number of likely N-dealkylation sites (tertiary alicyclic amines) is 1. The maximum Gasteiger partial charge on any atom is 0.213 e. The van der Waals surface area contributed by atoms with E-state index in [1.807, 2.05) is 13.0 Å². The third-order valence-corrected chi connectivity index (χ3v) is 7.04. The van der Waals surface area contributed by atoms with Crippen molar-refractivity contribution in [1.29, 1.82) is 0 Å². The van der Waals surface area contributed by atoms with Gasteiger partial charge >= 0.3 is 0 Å². The molecule has 2 unspecified atom stereocenters. The van der Waals surface area contributed by atoms with E-state index in [1.165, 1.54) is 5.56 Å². The molecule has 2 aliphatic rings. The second-order valence-electron chi connectivity index (χ2n) is 8.18. The summed E-state index contributed by atoms with van der Waals surface area (Å²) in [5.41, 5.74) is 1.37. The second-order valence-corrected chi connectivity index (χ2v) is 10.1. The number of nitrogens with one attached hydrogen (secondary N) is 2. The van der Waals surface area contributed by atoms with Crippen molar-refractivity contribution in [2.24, 2.45) is 10.9 Å². The first kappa shape index (κ1) is 23.0. The van der Waals surface area contributed by atoms with E-state index in [4.69, 9.17) is 4.74 Å². The Bertz CT molecular complexity index is 764. The van der Waals surface area contributed by atoms with Crippen LogP contribution in [0, 0.1) is 5.92 Å². The summed E-state index contributed by atoms with van der Waals surface area (Å²) in [5, 5.41) is 3.32. The molecular formula is C22H36N4O3S. The third kappa shape index (κ3) is 7.56. The molecule has 3 rings (SSSR count). The van der Waals surface area contributed by atoms with Gasteiger partial charge in [-0.1, -0.05) is 30.3 Å². The molecule has 0 bridgehead atoms. The minimum Gasteiger partial charge on any atom is -0.377 e. The minimum atomic E-state index is -3.35. The number of hydrogen-bond acceptors (Lipinski definition) is 4. The summed E-state index contributed by atoms with van der Waals surface area (Å²) < 4.78 is 32.9. The van der Waals surface area contributed by atoms with Crippen LogP contribution in [-0.4, -0.2) is 70.5 Å². The van der Waals surface area contributed by atoms with E-state index in [1.54, 1.807) is 0 Å². The van der Waals surface area contributed by atoms with Crippen LogP contribution in [0.15, 0.2) is 35.3 Å². The zero-order chi connectivity index (χ0) is 21.2. The molecule has 30 heavy (non-hydrogen) atoms. The van der Waals surface area contributed by atoms with Gasteiger partial charge in [-0.2, -0.15) is 0 Å². The molecule has 8 heteroatoms. The van der Waals surface area contributed by atoms with Gasteiger partial charge in [-0.15, -0.1) is 0 Å². The maximum absolute atomic E-state index is 12.3. The summed E-state index contributed by atoms with van der Waals surface area (Å²) in [5.74, 6) is 1.41. The molecule has 168 valence electrons. The quantitative estimate of drug-likeness (QED) is 0.457. The van der Waals surface area contributed by atoms with E-state index < -0.39 is 10.0 Å². The lowest BCUT2D eigenvalue weighted by Gasteiger charge is -2.23. The first-order chi connectivity index (χ1) is 14.6. The molecule has 0 aliphatic carbocycles. The highest BCUT2D eigenvalue weighted by Gasteiger charge is 2.25. The van der Waals surface area contributed by atoms with Gasteiger partial charge in [0.1, 0.15) is 0 Å². The smallest absolute Gasteiger partial charge is 0.213 e. The molecule has 7 nitrogen and oxygen atoms in total. The van der Waals surface area contributed by atoms with Crippen molar-refractivity contribution >= 4 is 16.0 Å². The third-order valence-electron chi connectivity index (χ3n) is 5.71. The Hall–Kier alpha value is -1.64. The molecule has 2 heterocycles. The van der Waals surface area contributed by atoms with E-state index in [-0.39, 0.29) is 18.4 Å². The normalized spacial score (nSPS) is 23.0. The number of sulfonamides is 1. The van der Waals surface area contributed by atoms with Crippen LogP contribution in [0.1, 0.15) is 38.2 Å². The molecule has 1 aromatic rings. The molecule has 0 spiro atoms. The fraction of sp³-hybridized carbons (Fsp3) is 0.682. The van der Waals surface area contributed by atoms with Gasteiger partial charge in [-0.3, -0.25) is 4.99 Å². The summed E-state index contributed by atoms with van der Waals surface area (Å²) in [7, 11) is -3.35. The second kappa shape index (κ2) is 11.7. The van der Waals surface area contributed by atoms with Crippen molar-refractivity contribution in [3.05, 3.63) is 35.9 Å². The Morgan fingerprint density at radius 1 is 1.23 bits per heavy atom. The van der Waals surface area contributed by atoms with Crippen LogP contribution >= 0.6 is 0 Å². The summed E-state index contributed by atoms with van der Waals surface area (Å²) in [6, 6.07) is 10.6. The van der Waals surface area contributed by atoms with Gasteiger partial charge < -0.3 is 15.0 Å². The summed E-state index contributed by atoms with van der Waals surface area (Å²) in [6.07, 6.45) is 5.28. The Morgan fingerprint density at radius 2 is 2.07 bits per heavy atom. The van der Waals surface area contributed by atoms with Gasteiger partial charge in [0, 0.05) is 32.8 Å². The largest absolute Gasteiger partial charge is 0.377 e. The number of guanidine groups is 1. The Kier molecular flexibility index (Phi) is 8.96. The van der Waals surface area contributed by atoms with E-state index in [2.05, 4.69) is 44.2 Å². The highest BCUT2D eigenvalue weighted by atomic mass is 32.2. The van der Waals surface area contributed by atoms with E-state index in [0.717, 1.165) is 64.3 Å². The number of aliphatic imine (C=N–C) groups is 1. The first-order valence-electron chi connectivity index (χ1n) is 11.2. The van der Waals surface area contributed by atoms with Crippen molar-refractivity contribution < 1.29 is 13.2 Å². The number of hydrogen-bond donors (Lipinski definition) is 2. The van der Waals surface area contributed by atoms with E-state index >= 15 is 0 Å². The standard InChI is InChI=1S/C22H36N4O3S/c1-2-23-22(26-13-11-20(18-26)16-19-8-4-3-5-9-19)24-12-15-30(27,28)25-17-21-10-6-7-14-29-21/h3-5,8-9,20-21,25H,2,6-7,10-18H2,1H3,(H,23,24). The minimum absolute atomic E-state index is 0.000457. The highest BCUT2D eigenvalue weighted by molar-refractivity contribution is 7.89. The lowest BCUT2D eigenvalue weighted by atomic mass is 9.99. The van der Waals surface area contributed by atoms with Crippen LogP contribution in [0.2, 0.25) is 0 Å². The highest BCUT2D eigenvalue weighted by Crippen LogP contribution is 2.21. The Balaban J connectivity index is 1.46. The average Bonchev–Trinajstić information content (AvgIpc) is 3.21. The molecule has 0 aromatic heterocycles. The number of rotatable bonds is 9. The van der Waals surface area contributed by atoms with Crippen molar-refractivity contribution in [2.45, 2.75) is 45.1 Å². The molecule has 2 saturated heterocycles. The van der Waals surface area contributed by atoms with Crippen LogP contribution < -0.4 is 10.0 Å². The molecule has 0 saturated carbocycles. The van der Waals surface area contributed by atoms with Gasteiger partial charge in [0.15, 0.2) is 5.96 Å². The van der Waals surface area contributed by atoms with Gasteiger partial charge in [0.25, 0.3) is 0 Å². The molecule has 2 aliphatic heterocycles. The number of benzene rings is 1. The first-order valence-corrected chi connectivity index (χ1v) is 12.9. The summed E-state index contributed by atoms with van der Waals surface area (Å²) in [6.45, 7) is 6.04. The Labute approximate surface area is 181 Å². The molecule has 1 aromatic carbocycles. The lowest BCUT2D eigenvalue weighted by molar-refractivity contribution is 0.0200. The van der Waals surface area contributed by atoms with Crippen LogP contribution in [0.25, 0.3) is 0 Å². The topological polar surface area (TPSA) is 83.0 Å². The summed E-state index contributed by atoms with van der Waals surface area (Å²) in [4.78, 5) is 6.85. The monoisotopic (exact) mass is 436 g/mol.